The van der Waals surface area contributed by atoms with E-state index in [4.69, 9.17) is 0 Å². The third-order valence-electron chi connectivity index (χ3n) is 3.30. The predicted molar refractivity (Wildman–Crippen MR) is 85.3 cm³/mol. The first kappa shape index (κ1) is 16.6. The third kappa shape index (κ3) is 3.36. The monoisotopic (exact) mass is 314 g/mol. The molecule has 0 amide bonds. The maximum atomic E-state index is 12.4. The Morgan fingerprint density at radius 2 is 1.83 bits per heavy atom. The summed E-state index contributed by atoms with van der Waals surface area (Å²) in [4.78, 5) is 36.1. The first-order valence-electron chi connectivity index (χ1n) is 7.11. The van der Waals surface area contributed by atoms with Gasteiger partial charge in [-0.15, -0.1) is 0 Å². The highest BCUT2D eigenvalue weighted by molar-refractivity contribution is 5.99. The normalized spacial score (nSPS) is 11.3. The lowest BCUT2D eigenvalue weighted by Crippen LogP contribution is -2.31. The van der Waals surface area contributed by atoms with Crippen molar-refractivity contribution in [1.29, 1.82) is 0 Å². The van der Waals surface area contributed by atoms with E-state index in [1.165, 1.54) is 0 Å². The van der Waals surface area contributed by atoms with Crippen LogP contribution in [0.15, 0.2) is 35.1 Å². The standard InChI is InChI=1S/C17H18N2O4/c1-10-6-5-7-11(8-10)19-15(21)12(16(22)23)9-13(18-19)14(20)17(2,3)4/h5-9H,1-4H3,(H,22,23). The topological polar surface area (TPSA) is 89.3 Å². The van der Waals surface area contributed by atoms with E-state index in [-0.39, 0.29) is 11.5 Å². The number of ketones is 1. The van der Waals surface area contributed by atoms with E-state index in [0.29, 0.717) is 5.69 Å². The number of hydrogen-bond donors (Lipinski definition) is 1. The van der Waals surface area contributed by atoms with Gasteiger partial charge in [0.25, 0.3) is 5.56 Å². The lowest BCUT2D eigenvalue weighted by Gasteiger charge is -2.17. The van der Waals surface area contributed by atoms with Gasteiger partial charge < -0.3 is 5.11 Å². The summed E-state index contributed by atoms with van der Waals surface area (Å²) < 4.78 is 0.968. The quantitative estimate of drug-likeness (QED) is 0.879. The largest absolute Gasteiger partial charge is 0.477 e. The number of nitrogens with zero attached hydrogens (tertiary/aromatic N) is 2. The Labute approximate surface area is 133 Å². The Kier molecular flexibility index (Phi) is 4.18. The summed E-state index contributed by atoms with van der Waals surface area (Å²) in [5.41, 5.74) is -0.724. The number of aromatic nitrogens is 2. The average Bonchev–Trinajstić information content (AvgIpc) is 2.45. The molecule has 0 bridgehead atoms. The molecule has 0 atom stereocenters. The van der Waals surface area contributed by atoms with Crippen LogP contribution in [0, 0.1) is 12.3 Å². The second-order valence-corrected chi connectivity index (χ2v) is 6.38. The lowest BCUT2D eigenvalue weighted by molar-refractivity contribution is 0.0694. The van der Waals surface area contributed by atoms with Gasteiger partial charge in [-0.3, -0.25) is 9.59 Å². The van der Waals surface area contributed by atoms with Crippen LogP contribution in [-0.4, -0.2) is 26.6 Å². The molecule has 0 unspecified atom stereocenters. The van der Waals surface area contributed by atoms with E-state index in [0.717, 1.165) is 16.3 Å². The molecule has 120 valence electrons. The fourth-order valence-electron chi connectivity index (χ4n) is 2.08. The van der Waals surface area contributed by atoms with E-state index < -0.39 is 22.5 Å². The number of carboxylic acid groups (broad SMARTS) is 1. The summed E-state index contributed by atoms with van der Waals surface area (Å²) in [6.07, 6.45) is 0. The second-order valence-electron chi connectivity index (χ2n) is 6.38. The zero-order chi connectivity index (χ0) is 17.4. The molecule has 0 radical (unpaired) electrons. The molecule has 0 saturated heterocycles. The molecule has 1 aromatic carbocycles. The molecule has 0 saturated carbocycles. The van der Waals surface area contributed by atoms with Crippen molar-refractivity contribution >= 4 is 11.8 Å². The minimum absolute atomic E-state index is 0.0454. The van der Waals surface area contributed by atoms with Crippen LogP contribution in [0.4, 0.5) is 0 Å². The summed E-state index contributed by atoms with van der Waals surface area (Å²) in [6.45, 7) is 6.97. The Morgan fingerprint density at radius 3 is 2.35 bits per heavy atom. The molecular formula is C17H18N2O4. The van der Waals surface area contributed by atoms with Gasteiger partial charge in [-0.1, -0.05) is 32.9 Å². The average molecular weight is 314 g/mol. The fraction of sp³-hybridized carbons (Fsp3) is 0.294. The zero-order valence-corrected chi connectivity index (χ0v) is 13.5. The van der Waals surface area contributed by atoms with Crippen molar-refractivity contribution in [3.8, 4) is 5.69 Å². The van der Waals surface area contributed by atoms with Crippen LogP contribution in [0.2, 0.25) is 0 Å². The molecule has 0 fully saturated rings. The molecule has 2 rings (SSSR count). The van der Waals surface area contributed by atoms with Gasteiger partial charge in [-0.05, 0) is 30.7 Å². The van der Waals surface area contributed by atoms with Gasteiger partial charge in [0, 0.05) is 5.41 Å². The van der Waals surface area contributed by atoms with Crippen LogP contribution in [0.1, 0.15) is 47.2 Å². The summed E-state index contributed by atoms with van der Waals surface area (Å²) in [6, 6.07) is 7.96. The van der Waals surface area contributed by atoms with Crippen molar-refractivity contribution < 1.29 is 14.7 Å². The van der Waals surface area contributed by atoms with E-state index >= 15 is 0 Å². The van der Waals surface area contributed by atoms with Crippen molar-refractivity contribution in [3.05, 3.63) is 57.5 Å². The summed E-state index contributed by atoms with van der Waals surface area (Å²) in [5.74, 6) is -1.72. The van der Waals surface area contributed by atoms with Crippen molar-refractivity contribution in [1.82, 2.24) is 9.78 Å². The molecule has 6 heteroatoms. The number of hydrogen-bond acceptors (Lipinski definition) is 4. The van der Waals surface area contributed by atoms with Crippen LogP contribution < -0.4 is 5.56 Å². The number of carbonyl (C=O) groups is 2. The molecule has 1 heterocycles. The van der Waals surface area contributed by atoms with Crippen LogP contribution in [0.3, 0.4) is 0 Å². The Hall–Kier alpha value is -2.76. The SMILES string of the molecule is Cc1cccc(-n2nc(C(=O)C(C)(C)C)cc(C(=O)O)c2=O)c1. The summed E-state index contributed by atoms with van der Waals surface area (Å²) in [7, 11) is 0. The fourth-order valence-corrected chi connectivity index (χ4v) is 2.08. The van der Waals surface area contributed by atoms with Gasteiger partial charge in [-0.25, -0.2) is 4.79 Å². The highest BCUT2D eigenvalue weighted by atomic mass is 16.4. The smallest absolute Gasteiger partial charge is 0.341 e. The van der Waals surface area contributed by atoms with Gasteiger partial charge in [0.2, 0.25) is 0 Å². The number of benzene rings is 1. The molecule has 1 N–H and O–H groups in total. The first-order chi connectivity index (χ1) is 10.6. The number of carboxylic acids is 1. The molecule has 1 aromatic heterocycles. The molecule has 0 aliphatic rings. The third-order valence-corrected chi connectivity index (χ3v) is 3.30. The van der Waals surface area contributed by atoms with E-state index in [2.05, 4.69) is 5.10 Å². The van der Waals surface area contributed by atoms with E-state index in [1.54, 1.807) is 39.0 Å². The number of carbonyl (C=O) groups excluding carboxylic acids is 1. The predicted octanol–water partition coefficient (Wildman–Crippen LogP) is 2.47. The van der Waals surface area contributed by atoms with Crippen LogP contribution in [0.5, 0.6) is 0 Å². The molecule has 0 aliphatic carbocycles. The van der Waals surface area contributed by atoms with Crippen LogP contribution >= 0.6 is 0 Å². The number of Topliss-reactive ketones (excluding diaryl/α,β-unsaturated/α-hetero) is 1. The minimum Gasteiger partial charge on any atom is -0.477 e. The van der Waals surface area contributed by atoms with E-state index in [9.17, 15) is 19.5 Å². The highest BCUT2D eigenvalue weighted by Gasteiger charge is 2.27. The maximum absolute atomic E-state index is 12.4. The van der Waals surface area contributed by atoms with E-state index in [1.807, 2.05) is 13.0 Å². The first-order valence-corrected chi connectivity index (χ1v) is 7.11. The molecule has 23 heavy (non-hydrogen) atoms. The molecular weight excluding hydrogens is 296 g/mol. The Balaban J connectivity index is 2.77. The molecule has 0 aliphatic heterocycles. The highest BCUT2D eigenvalue weighted by Crippen LogP contribution is 2.20. The van der Waals surface area contributed by atoms with Gasteiger partial charge in [-0.2, -0.15) is 9.78 Å². The van der Waals surface area contributed by atoms with Crippen LogP contribution in [-0.2, 0) is 0 Å². The number of aromatic carboxylic acids is 1. The van der Waals surface area contributed by atoms with Gasteiger partial charge in [0.05, 0.1) is 5.69 Å². The molecule has 6 nitrogen and oxygen atoms in total. The van der Waals surface area contributed by atoms with Gasteiger partial charge in [0.1, 0.15) is 11.3 Å². The van der Waals surface area contributed by atoms with Gasteiger partial charge >= 0.3 is 5.97 Å². The van der Waals surface area contributed by atoms with Crippen molar-refractivity contribution in [2.75, 3.05) is 0 Å². The Morgan fingerprint density at radius 1 is 1.17 bits per heavy atom. The Bertz CT molecular complexity index is 844. The molecule has 0 spiro atoms. The van der Waals surface area contributed by atoms with Crippen molar-refractivity contribution in [2.45, 2.75) is 27.7 Å². The van der Waals surface area contributed by atoms with Crippen molar-refractivity contribution in [2.24, 2.45) is 5.41 Å². The maximum Gasteiger partial charge on any atom is 0.341 e. The number of aryl methyl sites for hydroxylation is 1. The second kappa shape index (κ2) is 5.79. The van der Waals surface area contributed by atoms with Gasteiger partial charge in [0.15, 0.2) is 5.78 Å². The number of rotatable bonds is 3. The summed E-state index contributed by atoms with van der Waals surface area (Å²) >= 11 is 0. The molecule has 2 aromatic rings. The zero-order valence-electron chi connectivity index (χ0n) is 13.5. The van der Waals surface area contributed by atoms with Crippen LogP contribution in [0.25, 0.3) is 5.69 Å². The summed E-state index contributed by atoms with van der Waals surface area (Å²) in [5, 5.41) is 13.3. The lowest BCUT2D eigenvalue weighted by atomic mass is 9.88. The minimum atomic E-state index is -1.39. The van der Waals surface area contributed by atoms with Crippen molar-refractivity contribution in [3.63, 3.8) is 0 Å².